The van der Waals surface area contributed by atoms with Gasteiger partial charge in [0.1, 0.15) is 17.9 Å². The largest absolute Gasteiger partial charge is 0.469 e. The van der Waals surface area contributed by atoms with Gasteiger partial charge in [-0.15, -0.1) is 0 Å². The van der Waals surface area contributed by atoms with Crippen molar-refractivity contribution in [2.45, 2.75) is 69.4 Å². The Bertz CT molecular complexity index is 1330. The molecular weight excluding hydrogens is 537 g/mol. The highest BCUT2D eigenvalue weighted by Crippen LogP contribution is 2.42. The summed E-state index contributed by atoms with van der Waals surface area (Å²) in [6, 6.07) is 10.6. The number of esters is 1. The topological polar surface area (TPSA) is 93.3 Å². The third kappa shape index (κ3) is 7.08. The lowest BCUT2D eigenvalue weighted by atomic mass is 9.82. The predicted octanol–water partition coefficient (Wildman–Crippen LogP) is 6.80. The molecule has 12 heteroatoms. The van der Waals surface area contributed by atoms with E-state index in [1.165, 1.54) is 12.1 Å². The number of halogens is 5. The number of fused-ring (bicyclic) bond motifs is 1. The summed E-state index contributed by atoms with van der Waals surface area (Å²) in [5, 5.41) is 2.68. The van der Waals surface area contributed by atoms with Crippen molar-refractivity contribution in [1.82, 2.24) is 15.3 Å². The number of nitrogens with zero attached hydrogens (tertiary/aromatic N) is 1. The zero-order valence-electron chi connectivity index (χ0n) is 22.0. The first-order valence-corrected chi connectivity index (χ1v) is 12.9. The number of benzene rings is 2. The summed E-state index contributed by atoms with van der Waals surface area (Å²) < 4.78 is 81.0. The third-order valence-corrected chi connectivity index (χ3v) is 7.08. The standard InChI is InChI=1S/C28H30F5N3O4/c1-27(30,31)14-19(25(37)39-2)18-8-9-20-23(21(18)29)35-24(34-20)22(17-10-12-28(32,33)13-11-17)36-26(38)40-15-16-6-4-3-5-7-16/h3-9,17,19,22H,10-15H2,1-2H3,(H,34,35)(H,36,38)/t19?,22-/m0/s1. The van der Waals surface area contributed by atoms with Crippen LogP contribution in [0.15, 0.2) is 42.5 Å². The second-order valence-electron chi connectivity index (χ2n) is 10.2. The van der Waals surface area contributed by atoms with E-state index in [1.807, 2.05) is 6.07 Å². The molecule has 0 spiro atoms. The normalized spacial score (nSPS) is 17.3. The van der Waals surface area contributed by atoms with Gasteiger partial charge in [-0.25, -0.2) is 31.7 Å². The summed E-state index contributed by atoms with van der Waals surface area (Å²) in [6.45, 7) is 0.587. The van der Waals surface area contributed by atoms with E-state index in [-0.39, 0.29) is 54.7 Å². The first kappa shape index (κ1) is 29.3. The van der Waals surface area contributed by atoms with Crippen LogP contribution < -0.4 is 5.32 Å². The van der Waals surface area contributed by atoms with Crippen LogP contribution in [-0.2, 0) is 20.9 Å². The maximum absolute atomic E-state index is 15.6. The van der Waals surface area contributed by atoms with E-state index in [4.69, 9.17) is 4.74 Å². The summed E-state index contributed by atoms with van der Waals surface area (Å²) in [4.78, 5) is 32.2. The van der Waals surface area contributed by atoms with E-state index < -0.39 is 54.0 Å². The Balaban J connectivity index is 1.64. The van der Waals surface area contributed by atoms with Gasteiger partial charge in [0.2, 0.25) is 11.8 Å². The summed E-state index contributed by atoms with van der Waals surface area (Å²) in [5.41, 5.74) is 0.353. The van der Waals surface area contributed by atoms with Gasteiger partial charge < -0.3 is 19.8 Å². The zero-order valence-corrected chi connectivity index (χ0v) is 22.0. The number of imidazole rings is 1. The molecule has 1 aliphatic rings. The fourth-order valence-corrected chi connectivity index (χ4v) is 5.01. The number of H-pyrrole nitrogens is 1. The number of carbonyl (C=O) groups excluding carboxylic acids is 2. The number of alkyl carbamates (subject to hydrolysis) is 1. The van der Waals surface area contributed by atoms with Crippen molar-refractivity contribution in [2.75, 3.05) is 7.11 Å². The van der Waals surface area contributed by atoms with E-state index in [9.17, 15) is 27.2 Å². The Morgan fingerprint density at radius 2 is 1.82 bits per heavy atom. The number of ether oxygens (including phenoxy) is 2. The summed E-state index contributed by atoms with van der Waals surface area (Å²) in [6.07, 6.45) is -2.44. The molecule has 1 saturated carbocycles. The first-order chi connectivity index (χ1) is 18.9. The average molecular weight is 568 g/mol. The van der Waals surface area contributed by atoms with Crippen LogP contribution in [0, 0.1) is 11.7 Å². The van der Waals surface area contributed by atoms with Crippen LogP contribution in [0.3, 0.4) is 0 Å². The minimum Gasteiger partial charge on any atom is -0.469 e. The molecule has 40 heavy (non-hydrogen) atoms. The van der Waals surface area contributed by atoms with Crippen molar-refractivity contribution in [3.63, 3.8) is 0 Å². The Labute approximate surface area is 227 Å². The fraction of sp³-hybridized carbons (Fsp3) is 0.464. The van der Waals surface area contributed by atoms with E-state index >= 15 is 4.39 Å². The van der Waals surface area contributed by atoms with E-state index in [1.54, 1.807) is 24.3 Å². The highest BCUT2D eigenvalue weighted by atomic mass is 19.3. The Hall–Kier alpha value is -3.70. The molecule has 0 radical (unpaired) electrons. The molecule has 0 saturated heterocycles. The second-order valence-corrected chi connectivity index (χ2v) is 10.2. The fourth-order valence-electron chi connectivity index (χ4n) is 5.01. The lowest BCUT2D eigenvalue weighted by molar-refractivity contribution is -0.145. The molecule has 4 rings (SSSR count). The molecule has 3 aromatic rings. The van der Waals surface area contributed by atoms with E-state index in [0.717, 1.165) is 12.7 Å². The number of carbonyl (C=O) groups is 2. The highest BCUT2D eigenvalue weighted by Gasteiger charge is 2.40. The Morgan fingerprint density at radius 3 is 2.45 bits per heavy atom. The lowest BCUT2D eigenvalue weighted by Gasteiger charge is -2.33. The number of amides is 1. The minimum atomic E-state index is -3.28. The zero-order chi connectivity index (χ0) is 29.1. The smallest absolute Gasteiger partial charge is 0.408 e. The summed E-state index contributed by atoms with van der Waals surface area (Å²) in [7, 11) is 1.02. The molecule has 1 aliphatic carbocycles. The van der Waals surface area contributed by atoms with Crippen LogP contribution in [0.2, 0.25) is 0 Å². The Morgan fingerprint density at radius 1 is 1.15 bits per heavy atom. The molecule has 1 unspecified atom stereocenters. The molecule has 0 aliphatic heterocycles. The van der Waals surface area contributed by atoms with Crippen LogP contribution in [0.4, 0.5) is 26.7 Å². The van der Waals surface area contributed by atoms with Crippen molar-refractivity contribution < 1.29 is 41.0 Å². The molecule has 216 valence electrons. The molecule has 2 N–H and O–H groups in total. The van der Waals surface area contributed by atoms with Gasteiger partial charge in [-0.2, -0.15) is 0 Å². The number of hydrogen-bond donors (Lipinski definition) is 2. The van der Waals surface area contributed by atoms with Gasteiger partial charge in [0.05, 0.1) is 24.6 Å². The highest BCUT2D eigenvalue weighted by molar-refractivity contribution is 5.83. The second kappa shape index (κ2) is 11.8. The van der Waals surface area contributed by atoms with Gasteiger partial charge in [-0.05, 0) is 37.3 Å². The van der Waals surface area contributed by atoms with E-state index in [0.29, 0.717) is 6.92 Å². The molecule has 1 fully saturated rings. The third-order valence-electron chi connectivity index (χ3n) is 7.08. The van der Waals surface area contributed by atoms with Gasteiger partial charge in [0.15, 0.2) is 5.82 Å². The minimum absolute atomic E-state index is 0.0305. The summed E-state index contributed by atoms with van der Waals surface area (Å²) >= 11 is 0. The van der Waals surface area contributed by atoms with Gasteiger partial charge in [-0.3, -0.25) is 4.79 Å². The molecule has 2 aromatic carbocycles. The quantitative estimate of drug-likeness (QED) is 0.219. The maximum atomic E-state index is 15.6. The van der Waals surface area contributed by atoms with Crippen LogP contribution in [-0.4, -0.2) is 41.0 Å². The Kier molecular flexibility index (Phi) is 8.65. The summed E-state index contributed by atoms with van der Waals surface area (Å²) in [5.74, 6) is -10.1. The molecule has 1 heterocycles. The molecular formula is C28H30F5N3O4. The lowest BCUT2D eigenvalue weighted by Crippen LogP contribution is -2.38. The monoisotopic (exact) mass is 567 g/mol. The number of methoxy groups -OCH3 is 1. The molecule has 2 atom stereocenters. The van der Waals surface area contributed by atoms with E-state index in [2.05, 4.69) is 20.0 Å². The number of nitrogens with one attached hydrogen (secondary N) is 2. The van der Waals surface area contributed by atoms with Crippen molar-refractivity contribution in [1.29, 1.82) is 0 Å². The number of hydrogen-bond acceptors (Lipinski definition) is 5. The molecule has 1 aromatic heterocycles. The van der Waals surface area contributed by atoms with Crippen LogP contribution in [0.5, 0.6) is 0 Å². The average Bonchev–Trinajstić information content (AvgIpc) is 3.35. The van der Waals surface area contributed by atoms with Gasteiger partial charge in [-0.1, -0.05) is 36.4 Å². The van der Waals surface area contributed by atoms with Gasteiger partial charge >= 0.3 is 12.1 Å². The van der Waals surface area contributed by atoms with Gasteiger partial charge in [0.25, 0.3) is 0 Å². The predicted molar refractivity (Wildman–Crippen MR) is 135 cm³/mol. The van der Waals surface area contributed by atoms with Crippen molar-refractivity contribution in [3.8, 4) is 0 Å². The maximum Gasteiger partial charge on any atom is 0.408 e. The van der Waals surface area contributed by atoms with Crippen molar-refractivity contribution >= 4 is 23.1 Å². The molecule has 1 amide bonds. The van der Waals surface area contributed by atoms with Crippen molar-refractivity contribution in [2.24, 2.45) is 5.92 Å². The molecule has 7 nitrogen and oxygen atoms in total. The van der Waals surface area contributed by atoms with Crippen LogP contribution >= 0.6 is 0 Å². The van der Waals surface area contributed by atoms with Crippen molar-refractivity contribution in [3.05, 3.63) is 65.2 Å². The number of aromatic nitrogens is 2. The van der Waals surface area contributed by atoms with Gasteiger partial charge in [0, 0.05) is 24.8 Å². The van der Waals surface area contributed by atoms with Crippen LogP contribution in [0.25, 0.3) is 11.0 Å². The number of alkyl halides is 4. The first-order valence-electron chi connectivity index (χ1n) is 12.9. The van der Waals surface area contributed by atoms with Crippen LogP contribution in [0.1, 0.15) is 67.9 Å². The SMILES string of the molecule is COC(=O)C(CC(C)(F)F)c1ccc2[nH]c([C@@H](NC(=O)OCc3ccccc3)C3CCC(F)(F)CC3)nc2c1F. The molecule has 0 bridgehead atoms. The number of rotatable bonds is 9. The number of aromatic amines is 1.